The van der Waals surface area contributed by atoms with Crippen LogP contribution in [0.5, 0.6) is 5.75 Å². The Kier molecular flexibility index (Phi) is 4.74. The summed E-state index contributed by atoms with van der Waals surface area (Å²) in [6.07, 6.45) is 0. The average molecular weight is 338 g/mol. The van der Waals surface area contributed by atoms with Crippen molar-refractivity contribution in [1.29, 1.82) is 0 Å². The summed E-state index contributed by atoms with van der Waals surface area (Å²) in [5, 5.41) is 6.13. The van der Waals surface area contributed by atoms with Crippen LogP contribution in [0.15, 0.2) is 47.0 Å². The number of aromatic nitrogens is 1. The van der Waals surface area contributed by atoms with E-state index < -0.39 is 0 Å². The predicted molar refractivity (Wildman–Crippen MR) is 96.6 cm³/mol. The van der Waals surface area contributed by atoms with Crippen LogP contribution in [0.2, 0.25) is 0 Å². The number of fused-ring (bicyclic) bond motifs is 1. The van der Waals surface area contributed by atoms with Gasteiger partial charge in [0.05, 0.1) is 19.6 Å². The maximum Gasteiger partial charge on any atom is 0.229 e. The van der Waals surface area contributed by atoms with Gasteiger partial charge >= 0.3 is 0 Å². The molecule has 1 aromatic heterocycles. The van der Waals surface area contributed by atoms with Crippen molar-refractivity contribution in [3.05, 3.63) is 59.5 Å². The number of likely N-dealkylation sites (N-methyl/N-ethyl adjacent to an activating group) is 1. The Morgan fingerprint density at radius 2 is 1.92 bits per heavy atom. The van der Waals surface area contributed by atoms with Crippen molar-refractivity contribution >= 4 is 16.7 Å². The van der Waals surface area contributed by atoms with Crippen LogP contribution in [0.1, 0.15) is 29.9 Å². The Morgan fingerprint density at radius 3 is 2.60 bits per heavy atom. The average Bonchev–Trinajstić information content (AvgIpc) is 3.04. The number of aryl methyl sites for hydroxylation is 1. The van der Waals surface area contributed by atoms with Gasteiger partial charge in [0.1, 0.15) is 17.2 Å². The second-order valence-corrected chi connectivity index (χ2v) is 6.32. The van der Waals surface area contributed by atoms with Gasteiger partial charge in [0, 0.05) is 13.1 Å². The van der Waals surface area contributed by atoms with Gasteiger partial charge in [0.15, 0.2) is 0 Å². The molecule has 3 aromatic rings. The molecule has 1 atom stereocenters. The number of amides is 1. The standard InChI is InChI=1S/C20H22N2O3/c1-13-9-18(21-25-13)12-22(3)20(23)14(2)15-5-6-17-11-19(24-4)8-7-16(17)10-15/h5-11,14H,12H2,1-4H3/t14-/m0/s1. The summed E-state index contributed by atoms with van der Waals surface area (Å²) < 4.78 is 10.3. The Morgan fingerprint density at radius 1 is 1.20 bits per heavy atom. The van der Waals surface area contributed by atoms with Gasteiger partial charge in [-0.2, -0.15) is 0 Å². The molecule has 5 nitrogen and oxygen atoms in total. The van der Waals surface area contributed by atoms with Gasteiger partial charge in [0.2, 0.25) is 5.91 Å². The van der Waals surface area contributed by atoms with Crippen molar-refractivity contribution in [2.75, 3.05) is 14.2 Å². The van der Waals surface area contributed by atoms with Gasteiger partial charge in [-0.1, -0.05) is 29.4 Å². The molecule has 5 heteroatoms. The van der Waals surface area contributed by atoms with Crippen LogP contribution < -0.4 is 4.74 Å². The number of carbonyl (C=O) groups excluding carboxylic acids is 1. The number of methoxy groups -OCH3 is 1. The molecule has 0 unspecified atom stereocenters. The van der Waals surface area contributed by atoms with E-state index in [1.54, 1.807) is 19.1 Å². The molecule has 1 amide bonds. The van der Waals surface area contributed by atoms with E-state index in [9.17, 15) is 4.79 Å². The summed E-state index contributed by atoms with van der Waals surface area (Å²) in [7, 11) is 3.44. The van der Waals surface area contributed by atoms with E-state index in [0.29, 0.717) is 6.54 Å². The molecular formula is C20H22N2O3. The lowest BCUT2D eigenvalue weighted by atomic mass is 9.96. The lowest BCUT2D eigenvalue weighted by Crippen LogP contribution is -2.30. The largest absolute Gasteiger partial charge is 0.497 e. The summed E-state index contributed by atoms with van der Waals surface area (Å²) in [5.74, 6) is 1.39. The zero-order valence-corrected chi connectivity index (χ0v) is 14.9. The molecule has 0 saturated carbocycles. The van der Waals surface area contributed by atoms with E-state index >= 15 is 0 Å². The highest BCUT2D eigenvalue weighted by molar-refractivity contribution is 5.88. The zero-order chi connectivity index (χ0) is 18.0. The number of ether oxygens (including phenoxy) is 1. The molecule has 0 bridgehead atoms. The molecule has 0 saturated heterocycles. The van der Waals surface area contributed by atoms with Crippen molar-refractivity contribution in [3.63, 3.8) is 0 Å². The third kappa shape index (κ3) is 3.65. The summed E-state index contributed by atoms with van der Waals surface area (Å²) in [4.78, 5) is 14.4. The molecule has 3 rings (SSSR count). The van der Waals surface area contributed by atoms with Crippen LogP contribution in [-0.2, 0) is 11.3 Å². The first-order chi connectivity index (χ1) is 12.0. The van der Waals surface area contributed by atoms with Crippen molar-refractivity contribution < 1.29 is 14.1 Å². The molecule has 1 heterocycles. The summed E-state index contributed by atoms with van der Waals surface area (Å²) in [6, 6.07) is 13.9. The zero-order valence-electron chi connectivity index (χ0n) is 14.9. The molecule has 0 fully saturated rings. The number of carbonyl (C=O) groups is 1. The van der Waals surface area contributed by atoms with Crippen molar-refractivity contribution in [2.45, 2.75) is 26.3 Å². The van der Waals surface area contributed by atoms with Gasteiger partial charge in [0.25, 0.3) is 0 Å². The van der Waals surface area contributed by atoms with Gasteiger partial charge < -0.3 is 14.2 Å². The van der Waals surface area contributed by atoms with Gasteiger partial charge in [-0.25, -0.2) is 0 Å². The third-order valence-corrected chi connectivity index (χ3v) is 4.39. The first-order valence-electron chi connectivity index (χ1n) is 8.23. The fraction of sp³-hybridized carbons (Fsp3) is 0.300. The van der Waals surface area contributed by atoms with Crippen LogP contribution >= 0.6 is 0 Å². The molecule has 130 valence electrons. The number of hydrogen-bond donors (Lipinski definition) is 0. The molecule has 0 aliphatic rings. The Bertz CT molecular complexity index is 901. The third-order valence-electron chi connectivity index (χ3n) is 4.39. The quantitative estimate of drug-likeness (QED) is 0.708. The van der Waals surface area contributed by atoms with Gasteiger partial charge in [-0.3, -0.25) is 4.79 Å². The summed E-state index contributed by atoms with van der Waals surface area (Å²) in [5.41, 5.74) is 1.75. The smallest absolute Gasteiger partial charge is 0.229 e. The number of benzene rings is 2. The Labute approximate surface area is 147 Å². The van der Waals surface area contributed by atoms with E-state index in [1.165, 1.54) is 0 Å². The predicted octanol–water partition coefficient (Wildman–Crippen LogP) is 3.91. The molecule has 0 spiro atoms. The van der Waals surface area contributed by atoms with Gasteiger partial charge in [-0.15, -0.1) is 0 Å². The van der Waals surface area contributed by atoms with Crippen LogP contribution in [0.3, 0.4) is 0 Å². The summed E-state index contributed by atoms with van der Waals surface area (Å²) >= 11 is 0. The minimum Gasteiger partial charge on any atom is -0.497 e. The van der Waals surface area contributed by atoms with E-state index in [2.05, 4.69) is 11.2 Å². The fourth-order valence-electron chi connectivity index (χ4n) is 2.93. The summed E-state index contributed by atoms with van der Waals surface area (Å²) in [6.45, 7) is 4.20. The number of nitrogens with zero attached hydrogens (tertiary/aromatic N) is 2. The van der Waals surface area contributed by atoms with Crippen LogP contribution in [0, 0.1) is 6.92 Å². The first-order valence-corrected chi connectivity index (χ1v) is 8.23. The molecule has 25 heavy (non-hydrogen) atoms. The first kappa shape index (κ1) is 17.0. The van der Waals surface area contributed by atoms with Crippen molar-refractivity contribution in [1.82, 2.24) is 10.1 Å². The second-order valence-electron chi connectivity index (χ2n) is 6.32. The van der Waals surface area contributed by atoms with E-state index in [1.807, 2.05) is 50.2 Å². The van der Waals surface area contributed by atoms with Gasteiger partial charge in [-0.05, 0) is 42.3 Å². The molecule has 0 radical (unpaired) electrons. The van der Waals surface area contributed by atoms with Crippen LogP contribution in [-0.4, -0.2) is 30.1 Å². The molecular weight excluding hydrogens is 316 g/mol. The van der Waals surface area contributed by atoms with E-state index in [-0.39, 0.29) is 11.8 Å². The molecule has 0 aliphatic carbocycles. The lowest BCUT2D eigenvalue weighted by Gasteiger charge is -2.21. The second kappa shape index (κ2) is 6.97. The maximum absolute atomic E-state index is 12.7. The molecule has 2 aromatic carbocycles. The maximum atomic E-state index is 12.7. The fourth-order valence-corrected chi connectivity index (χ4v) is 2.93. The normalized spacial score (nSPS) is 12.2. The minimum absolute atomic E-state index is 0.0496. The molecule has 0 N–H and O–H groups in total. The molecule has 0 aliphatic heterocycles. The highest BCUT2D eigenvalue weighted by atomic mass is 16.5. The van der Waals surface area contributed by atoms with E-state index in [0.717, 1.165) is 33.5 Å². The topological polar surface area (TPSA) is 55.6 Å². The number of hydrogen-bond acceptors (Lipinski definition) is 4. The number of rotatable bonds is 5. The van der Waals surface area contributed by atoms with Crippen LogP contribution in [0.4, 0.5) is 0 Å². The minimum atomic E-state index is -0.232. The highest BCUT2D eigenvalue weighted by Gasteiger charge is 2.20. The monoisotopic (exact) mass is 338 g/mol. The van der Waals surface area contributed by atoms with Crippen LogP contribution in [0.25, 0.3) is 10.8 Å². The van der Waals surface area contributed by atoms with E-state index in [4.69, 9.17) is 9.26 Å². The van der Waals surface area contributed by atoms with Crippen molar-refractivity contribution in [2.24, 2.45) is 0 Å². The Hall–Kier alpha value is -2.82. The Balaban J connectivity index is 1.77. The SMILES string of the molecule is COc1ccc2cc([C@H](C)C(=O)N(C)Cc3cc(C)on3)ccc2c1. The van der Waals surface area contributed by atoms with Crippen molar-refractivity contribution in [3.8, 4) is 5.75 Å². The highest BCUT2D eigenvalue weighted by Crippen LogP contribution is 2.26. The lowest BCUT2D eigenvalue weighted by molar-refractivity contribution is -0.131.